The third-order valence-electron chi connectivity index (χ3n) is 3.47. The van der Waals surface area contributed by atoms with Gasteiger partial charge in [-0.1, -0.05) is 18.2 Å². The molecule has 2 aromatic rings. The molecule has 0 radical (unpaired) electrons. The van der Waals surface area contributed by atoms with Crippen LogP contribution < -0.4 is 4.74 Å². The number of rotatable bonds is 6. The fraction of sp³-hybridized carbons (Fsp3) is 0.158. The van der Waals surface area contributed by atoms with E-state index in [1.165, 1.54) is 7.11 Å². The second-order valence-corrected chi connectivity index (χ2v) is 5.03. The van der Waals surface area contributed by atoms with E-state index in [1.807, 2.05) is 18.2 Å². The molecule has 22 heavy (non-hydrogen) atoms. The average Bonchev–Trinajstić information content (AvgIpc) is 2.51. The second kappa shape index (κ2) is 6.85. The predicted molar refractivity (Wildman–Crippen MR) is 89.6 cm³/mol. The van der Waals surface area contributed by atoms with E-state index in [9.17, 15) is 10.2 Å². The van der Waals surface area contributed by atoms with Gasteiger partial charge in [0, 0.05) is 11.1 Å². The van der Waals surface area contributed by atoms with E-state index in [0.717, 1.165) is 11.1 Å². The standard InChI is InChI=1S/C19H20O3/c1-4-6-13-8-9-17(20)15(10-13)16-11-14(7-5-2)12-18(22-3)19(16)21/h4-5,8-12,20-21H,1-2,6-7H2,3H3. The zero-order valence-electron chi connectivity index (χ0n) is 12.7. The molecule has 0 amide bonds. The summed E-state index contributed by atoms with van der Waals surface area (Å²) in [5.74, 6) is 0.505. The first-order valence-electron chi connectivity index (χ1n) is 7.04. The Morgan fingerprint density at radius 1 is 0.955 bits per heavy atom. The minimum absolute atomic E-state index is 0.0152. The molecular weight excluding hydrogens is 276 g/mol. The van der Waals surface area contributed by atoms with Gasteiger partial charge in [0.1, 0.15) is 5.75 Å². The van der Waals surface area contributed by atoms with Crippen LogP contribution in [0.25, 0.3) is 11.1 Å². The smallest absolute Gasteiger partial charge is 0.165 e. The maximum absolute atomic E-state index is 10.4. The van der Waals surface area contributed by atoms with E-state index in [-0.39, 0.29) is 11.5 Å². The molecule has 0 spiro atoms. The molecule has 0 heterocycles. The lowest BCUT2D eigenvalue weighted by atomic mass is 9.96. The third kappa shape index (κ3) is 3.14. The Balaban J connectivity index is 2.64. The van der Waals surface area contributed by atoms with E-state index >= 15 is 0 Å². The number of allylic oxidation sites excluding steroid dienone is 2. The molecule has 114 valence electrons. The Hall–Kier alpha value is -2.68. The first kappa shape index (κ1) is 15.7. The summed E-state index contributed by atoms with van der Waals surface area (Å²) in [6, 6.07) is 8.92. The quantitative estimate of drug-likeness (QED) is 0.784. The van der Waals surface area contributed by atoms with E-state index in [0.29, 0.717) is 29.7 Å². The highest BCUT2D eigenvalue weighted by Crippen LogP contribution is 2.42. The van der Waals surface area contributed by atoms with E-state index in [2.05, 4.69) is 13.2 Å². The number of benzene rings is 2. The lowest BCUT2D eigenvalue weighted by Crippen LogP contribution is -1.92. The van der Waals surface area contributed by atoms with Crippen LogP contribution in [0.4, 0.5) is 0 Å². The number of phenols is 2. The van der Waals surface area contributed by atoms with Crippen LogP contribution in [0, 0.1) is 0 Å². The van der Waals surface area contributed by atoms with Crippen LogP contribution in [0.15, 0.2) is 55.6 Å². The van der Waals surface area contributed by atoms with Gasteiger partial charge in [-0.3, -0.25) is 0 Å². The normalized spacial score (nSPS) is 10.2. The number of hydrogen-bond donors (Lipinski definition) is 2. The average molecular weight is 296 g/mol. The van der Waals surface area contributed by atoms with Crippen LogP contribution in [-0.4, -0.2) is 17.3 Å². The van der Waals surface area contributed by atoms with Crippen molar-refractivity contribution in [3.8, 4) is 28.4 Å². The molecule has 2 rings (SSSR count). The number of hydrogen-bond acceptors (Lipinski definition) is 3. The summed E-state index contributed by atoms with van der Waals surface area (Å²) < 4.78 is 5.23. The van der Waals surface area contributed by atoms with Crippen LogP contribution in [0.2, 0.25) is 0 Å². The molecule has 0 saturated heterocycles. The van der Waals surface area contributed by atoms with Crippen LogP contribution in [0.3, 0.4) is 0 Å². The Morgan fingerprint density at radius 2 is 1.59 bits per heavy atom. The fourth-order valence-electron chi connectivity index (χ4n) is 2.40. The number of ether oxygens (including phenoxy) is 1. The summed E-state index contributed by atoms with van der Waals surface area (Å²) >= 11 is 0. The van der Waals surface area contributed by atoms with Gasteiger partial charge in [0.15, 0.2) is 11.5 Å². The molecule has 3 nitrogen and oxygen atoms in total. The topological polar surface area (TPSA) is 49.7 Å². The summed E-state index contributed by atoms with van der Waals surface area (Å²) in [5, 5.41) is 20.6. The van der Waals surface area contributed by atoms with Crippen LogP contribution in [0.1, 0.15) is 11.1 Å². The largest absolute Gasteiger partial charge is 0.507 e. The zero-order valence-corrected chi connectivity index (χ0v) is 12.7. The van der Waals surface area contributed by atoms with Crippen molar-refractivity contribution < 1.29 is 14.9 Å². The van der Waals surface area contributed by atoms with Gasteiger partial charge in [-0.2, -0.15) is 0 Å². The number of methoxy groups -OCH3 is 1. The highest BCUT2D eigenvalue weighted by atomic mass is 16.5. The molecule has 3 heteroatoms. The first-order chi connectivity index (χ1) is 10.6. The van der Waals surface area contributed by atoms with E-state index in [1.54, 1.807) is 24.3 Å². The SMILES string of the molecule is C=CCc1ccc(O)c(-c2cc(CC=C)cc(OC)c2O)c1. The van der Waals surface area contributed by atoms with Crippen LogP contribution in [-0.2, 0) is 12.8 Å². The molecule has 0 aliphatic carbocycles. The summed E-state index contributed by atoms with van der Waals surface area (Å²) in [6.07, 6.45) is 4.92. The summed E-state index contributed by atoms with van der Waals surface area (Å²) in [5.41, 5.74) is 3.07. The van der Waals surface area contributed by atoms with Gasteiger partial charge in [0.2, 0.25) is 0 Å². The fourth-order valence-corrected chi connectivity index (χ4v) is 2.40. The van der Waals surface area contributed by atoms with Crippen molar-refractivity contribution in [1.29, 1.82) is 0 Å². The van der Waals surface area contributed by atoms with Gasteiger partial charge < -0.3 is 14.9 Å². The molecule has 0 aromatic heterocycles. The van der Waals surface area contributed by atoms with Crippen molar-refractivity contribution in [2.24, 2.45) is 0 Å². The zero-order chi connectivity index (χ0) is 16.1. The maximum atomic E-state index is 10.4. The van der Waals surface area contributed by atoms with Gasteiger partial charge in [-0.15, -0.1) is 13.2 Å². The van der Waals surface area contributed by atoms with Gasteiger partial charge in [-0.25, -0.2) is 0 Å². The van der Waals surface area contributed by atoms with Crippen LogP contribution >= 0.6 is 0 Å². The van der Waals surface area contributed by atoms with Crippen LogP contribution in [0.5, 0.6) is 17.2 Å². The van der Waals surface area contributed by atoms with Gasteiger partial charge in [0.25, 0.3) is 0 Å². The Kier molecular flexibility index (Phi) is 4.89. The lowest BCUT2D eigenvalue weighted by Gasteiger charge is -2.14. The Bertz CT molecular complexity index is 702. The van der Waals surface area contributed by atoms with Crippen molar-refractivity contribution in [3.63, 3.8) is 0 Å². The molecule has 0 fully saturated rings. The third-order valence-corrected chi connectivity index (χ3v) is 3.47. The van der Waals surface area contributed by atoms with Crippen molar-refractivity contribution in [2.75, 3.05) is 7.11 Å². The van der Waals surface area contributed by atoms with E-state index < -0.39 is 0 Å². The monoisotopic (exact) mass is 296 g/mol. The predicted octanol–water partition coefficient (Wildman–Crippen LogP) is 4.23. The summed E-state index contributed by atoms with van der Waals surface area (Å²) in [4.78, 5) is 0. The summed E-state index contributed by atoms with van der Waals surface area (Å²) in [6.45, 7) is 7.45. The van der Waals surface area contributed by atoms with Crippen molar-refractivity contribution in [3.05, 3.63) is 66.8 Å². The lowest BCUT2D eigenvalue weighted by molar-refractivity contribution is 0.374. The molecule has 2 N–H and O–H groups in total. The van der Waals surface area contributed by atoms with Gasteiger partial charge in [-0.05, 0) is 48.2 Å². The Labute approximate surface area is 130 Å². The van der Waals surface area contributed by atoms with Gasteiger partial charge in [0.05, 0.1) is 7.11 Å². The molecule has 0 bridgehead atoms. The molecule has 0 aliphatic rings. The molecule has 0 saturated carbocycles. The molecule has 2 aromatic carbocycles. The maximum Gasteiger partial charge on any atom is 0.165 e. The highest BCUT2D eigenvalue weighted by molar-refractivity contribution is 5.79. The molecule has 0 aliphatic heterocycles. The highest BCUT2D eigenvalue weighted by Gasteiger charge is 2.15. The molecule has 0 atom stereocenters. The van der Waals surface area contributed by atoms with Crippen molar-refractivity contribution in [2.45, 2.75) is 12.8 Å². The van der Waals surface area contributed by atoms with Crippen molar-refractivity contribution in [1.82, 2.24) is 0 Å². The first-order valence-corrected chi connectivity index (χ1v) is 7.04. The minimum atomic E-state index is 0.0152. The van der Waals surface area contributed by atoms with E-state index in [4.69, 9.17) is 4.74 Å². The number of aromatic hydroxyl groups is 2. The molecule has 0 unspecified atom stereocenters. The number of phenolic OH excluding ortho intramolecular Hbond substituents is 2. The molecular formula is C19H20O3. The Morgan fingerprint density at radius 3 is 2.23 bits per heavy atom. The minimum Gasteiger partial charge on any atom is -0.507 e. The second-order valence-electron chi connectivity index (χ2n) is 5.03. The van der Waals surface area contributed by atoms with Crippen molar-refractivity contribution >= 4 is 0 Å². The van der Waals surface area contributed by atoms with Gasteiger partial charge >= 0.3 is 0 Å². The summed E-state index contributed by atoms with van der Waals surface area (Å²) in [7, 11) is 1.50.